The third-order valence-corrected chi connectivity index (χ3v) is 5.04. The van der Waals surface area contributed by atoms with Crippen LogP contribution in [0.25, 0.3) is 0 Å². The van der Waals surface area contributed by atoms with Crippen LogP contribution in [0.15, 0.2) is 47.7 Å². The van der Waals surface area contributed by atoms with Crippen molar-refractivity contribution in [3.8, 4) is 11.5 Å². The lowest BCUT2D eigenvalue weighted by atomic mass is 10.2. The third kappa shape index (κ3) is 6.65. The molecule has 0 aromatic heterocycles. The molecule has 2 aromatic carbocycles. The van der Waals surface area contributed by atoms with E-state index in [9.17, 15) is 39.8 Å². The van der Waals surface area contributed by atoms with Gasteiger partial charge >= 0.3 is 23.6 Å². The van der Waals surface area contributed by atoms with Crippen LogP contribution in [-0.2, 0) is 19.1 Å². The molecule has 1 heterocycles. The van der Waals surface area contributed by atoms with E-state index in [4.69, 9.17) is 19.0 Å². The van der Waals surface area contributed by atoms with Gasteiger partial charge in [0.2, 0.25) is 12.5 Å². The lowest BCUT2D eigenvalue weighted by Gasteiger charge is -2.14. The number of benzene rings is 2. The number of rotatable bonds is 10. The average molecular weight is 534 g/mol. The smallest absolute Gasteiger partial charge is 0.344 e. The van der Waals surface area contributed by atoms with Crippen LogP contribution in [0.3, 0.4) is 0 Å². The fraction of sp³-hybridized carbons (Fsp3) is 0.286. The Morgan fingerprint density at radius 3 is 2.50 bits per heavy atom. The molecule has 3 rings (SSSR count). The van der Waals surface area contributed by atoms with Crippen LogP contribution in [-0.4, -0.2) is 62.3 Å². The van der Waals surface area contributed by atoms with Gasteiger partial charge in [-0.3, -0.25) is 29.9 Å². The zero-order chi connectivity index (χ0) is 27.8. The monoisotopic (exact) mass is 534 g/mol. The van der Waals surface area contributed by atoms with Crippen molar-refractivity contribution in [2.24, 2.45) is 5.28 Å². The van der Waals surface area contributed by atoms with Crippen molar-refractivity contribution in [2.45, 2.75) is 25.8 Å². The van der Waals surface area contributed by atoms with Gasteiger partial charge in [0, 0.05) is 13.0 Å². The van der Waals surface area contributed by atoms with Crippen molar-refractivity contribution < 1.29 is 53.5 Å². The summed E-state index contributed by atoms with van der Waals surface area (Å²) in [6.45, 7) is 0.484. The van der Waals surface area contributed by atoms with Crippen molar-refractivity contribution in [1.82, 2.24) is 5.01 Å². The van der Waals surface area contributed by atoms with Crippen LogP contribution in [0.2, 0.25) is 0 Å². The van der Waals surface area contributed by atoms with Gasteiger partial charge in [0.25, 0.3) is 15.9 Å². The minimum absolute atomic E-state index is 0.0379. The third-order valence-electron chi connectivity index (χ3n) is 5.04. The van der Waals surface area contributed by atoms with Crippen molar-refractivity contribution in [1.29, 1.82) is 0 Å². The van der Waals surface area contributed by atoms with Crippen LogP contribution in [0.4, 0.5) is 11.4 Å². The average Bonchev–Trinajstić information content (AvgIpc) is 3.37. The molecular formula is C21H20N5O12+. The summed E-state index contributed by atoms with van der Waals surface area (Å²) < 4.78 is 14.8. The largest absolute Gasteiger partial charge is 0.426 e. The number of ether oxygens (including phenoxy) is 3. The number of nitrogens with zero attached hydrogens (tertiary/aromatic N) is 5. The van der Waals surface area contributed by atoms with Crippen LogP contribution in [0.5, 0.6) is 11.5 Å². The molecule has 17 nitrogen and oxygen atoms in total. The normalized spacial score (nSPS) is 14.9. The van der Waals surface area contributed by atoms with Gasteiger partial charge in [-0.1, -0.05) is 17.1 Å². The second kappa shape index (κ2) is 12.1. The highest BCUT2D eigenvalue weighted by Crippen LogP contribution is 2.31. The first-order valence-electron chi connectivity index (χ1n) is 10.8. The summed E-state index contributed by atoms with van der Waals surface area (Å²) in [4.78, 5) is 61.3. The SMILES string of the molecule is CC(=O)Oc1ccccc1C(=O)OCOC(=O)C1CCCN1/[N+](O)=N/Oc1ccc([N+](=O)[O-])cc1[N+](=O)[O-]. The molecule has 1 unspecified atom stereocenters. The van der Waals surface area contributed by atoms with E-state index in [1.54, 1.807) is 6.07 Å². The fourth-order valence-electron chi connectivity index (χ4n) is 3.37. The molecule has 17 heteroatoms. The molecular weight excluding hydrogens is 514 g/mol. The predicted molar refractivity (Wildman–Crippen MR) is 119 cm³/mol. The van der Waals surface area contributed by atoms with Crippen molar-refractivity contribution in [3.05, 3.63) is 68.3 Å². The van der Waals surface area contributed by atoms with Gasteiger partial charge in [0.1, 0.15) is 11.3 Å². The Morgan fingerprint density at radius 2 is 1.82 bits per heavy atom. The maximum Gasteiger partial charge on any atom is 0.344 e. The second-order valence-electron chi connectivity index (χ2n) is 7.53. The molecule has 2 aromatic rings. The molecule has 0 saturated carbocycles. The Bertz CT molecular complexity index is 1300. The van der Waals surface area contributed by atoms with E-state index in [1.165, 1.54) is 18.2 Å². The maximum atomic E-state index is 12.5. The molecule has 0 spiro atoms. The zero-order valence-corrected chi connectivity index (χ0v) is 19.6. The number of hydrazine groups is 1. The molecule has 1 atom stereocenters. The van der Waals surface area contributed by atoms with Gasteiger partial charge in [0.05, 0.1) is 22.5 Å². The van der Waals surface area contributed by atoms with E-state index in [2.05, 4.69) is 5.28 Å². The second-order valence-corrected chi connectivity index (χ2v) is 7.53. The first kappa shape index (κ1) is 27.2. The molecule has 0 radical (unpaired) electrons. The lowest BCUT2D eigenvalue weighted by molar-refractivity contribution is -0.940. The van der Waals surface area contributed by atoms with Gasteiger partial charge < -0.3 is 14.2 Å². The Hall–Kier alpha value is -5.35. The molecule has 0 aliphatic carbocycles. The quantitative estimate of drug-likeness (QED) is 0.0882. The van der Waals surface area contributed by atoms with Gasteiger partial charge in [0.15, 0.2) is 6.04 Å². The lowest BCUT2D eigenvalue weighted by Crippen LogP contribution is -2.42. The number of carbonyl (C=O) groups excluding carboxylic acids is 3. The van der Waals surface area contributed by atoms with Gasteiger partial charge in [-0.15, -0.1) is 0 Å². The van der Waals surface area contributed by atoms with Crippen LogP contribution >= 0.6 is 0 Å². The summed E-state index contributed by atoms with van der Waals surface area (Å²) in [5.74, 6) is -3.00. The number of nitro benzene ring substituents is 2. The first-order chi connectivity index (χ1) is 18.1. The summed E-state index contributed by atoms with van der Waals surface area (Å²) in [6.07, 6.45) is 0.631. The maximum absolute atomic E-state index is 12.5. The highest BCUT2D eigenvalue weighted by atomic mass is 16.7. The van der Waals surface area contributed by atoms with E-state index in [1.807, 2.05) is 0 Å². The molecule has 38 heavy (non-hydrogen) atoms. The van der Waals surface area contributed by atoms with E-state index in [0.29, 0.717) is 12.5 Å². The van der Waals surface area contributed by atoms with E-state index >= 15 is 0 Å². The van der Waals surface area contributed by atoms with Crippen molar-refractivity contribution >= 4 is 29.3 Å². The van der Waals surface area contributed by atoms with Gasteiger partial charge in [-0.05, 0) is 31.0 Å². The Labute approximate surface area is 212 Å². The van der Waals surface area contributed by atoms with Crippen LogP contribution in [0, 0.1) is 20.2 Å². The molecule has 1 fully saturated rings. The van der Waals surface area contributed by atoms with Gasteiger partial charge in [-0.2, -0.15) is 0 Å². The highest BCUT2D eigenvalue weighted by Gasteiger charge is 2.41. The summed E-state index contributed by atoms with van der Waals surface area (Å²) >= 11 is 0. The Morgan fingerprint density at radius 1 is 1.08 bits per heavy atom. The number of nitro groups is 2. The Balaban J connectivity index is 1.61. The number of hydrogen-bond donors (Lipinski definition) is 1. The zero-order valence-electron chi connectivity index (χ0n) is 19.6. The van der Waals surface area contributed by atoms with Crippen molar-refractivity contribution in [2.75, 3.05) is 13.3 Å². The van der Waals surface area contributed by atoms with Crippen LogP contribution < -0.4 is 9.57 Å². The summed E-state index contributed by atoms with van der Waals surface area (Å²) in [6, 6.07) is 7.24. The summed E-state index contributed by atoms with van der Waals surface area (Å²) in [5.41, 5.74) is -1.40. The summed E-state index contributed by atoms with van der Waals surface area (Å²) in [5, 5.41) is 36.6. The number of carbonyl (C=O) groups is 3. The molecule has 0 bridgehead atoms. The molecule has 1 N–H and O–H groups in total. The van der Waals surface area contributed by atoms with E-state index < -0.39 is 57.7 Å². The van der Waals surface area contributed by atoms with E-state index in [0.717, 1.165) is 24.1 Å². The fourth-order valence-corrected chi connectivity index (χ4v) is 3.37. The highest BCUT2D eigenvalue weighted by molar-refractivity contribution is 5.93. The molecule has 0 amide bonds. The topological polar surface area (TPSA) is 213 Å². The Kier molecular flexibility index (Phi) is 8.65. The molecule has 1 saturated heterocycles. The molecule has 1 aliphatic rings. The number of hydrogen-bond acceptors (Lipinski definition) is 12. The molecule has 200 valence electrons. The molecule has 1 aliphatic heterocycles. The predicted octanol–water partition coefficient (Wildman–Crippen LogP) is 2.31. The number of para-hydroxylation sites is 1. The summed E-state index contributed by atoms with van der Waals surface area (Å²) in [7, 11) is 0. The minimum Gasteiger partial charge on any atom is -0.426 e. The number of esters is 3. The van der Waals surface area contributed by atoms with Crippen LogP contribution in [0.1, 0.15) is 30.1 Å². The number of non-ortho nitro benzene ring substituents is 1. The first-order valence-corrected chi connectivity index (χ1v) is 10.8. The van der Waals surface area contributed by atoms with E-state index in [-0.39, 0.29) is 29.2 Å². The minimum atomic E-state index is -1.08. The standard InChI is InChI=1S/C21H20N5O12/c1-13(27)37-18-7-3-2-5-15(18)20(28)35-12-36-21(29)16-6-4-10-23(16)26(34)22-38-19-9-8-14(24(30)31)11-17(19)25(32)33/h2-3,5,7-9,11,16H,4,6,10,12H2,1H3,(H,22,34)/q+1. The van der Waals surface area contributed by atoms with Crippen molar-refractivity contribution in [3.63, 3.8) is 0 Å². The van der Waals surface area contributed by atoms with Gasteiger partial charge in [-0.25, -0.2) is 14.8 Å².